The lowest BCUT2D eigenvalue weighted by Gasteiger charge is -2.17. The van der Waals surface area contributed by atoms with Crippen molar-refractivity contribution in [2.75, 3.05) is 13.1 Å². The SMILES string of the molecule is CC(NC(=O)OCc1ccccc1)C(=O)OC1CCN(C(=O)O)C1. The maximum absolute atomic E-state index is 11.9. The quantitative estimate of drug-likeness (QED) is 0.791. The first kappa shape index (κ1) is 17.6. The number of nitrogens with zero attached hydrogens (tertiary/aromatic N) is 1. The molecule has 1 heterocycles. The van der Waals surface area contributed by atoms with Gasteiger partial charge in [0, 0.05) is 13.0 Å². The first-order chi connectivity index (χ1) is 11.5. The van der Waals surface area contributed by atoms with Crippen molar-refractivity contribution in [3.8, 4) is 0 Å². The minimum atomic E-state index is -1.04. The van der Waals surface area contributed by atoms with Gasteiger partial charge < -0.3 is 24.8 Å². The fourth-order valence-corrected chi connectivity index (χ4v) is 2.26. The van der Waals surface area contributed by atoms with Crippen molar-refractivity contribution >= 4 is 18.2 Å². The summed E-state index contributed by atoms with van der Waals surface area (Å²) in [5.41, 5.74) is 0.836. The van der Waals surface area contributed by atoms with Gasteiger partial charge in [0.1, 0.15) is 18.8 Å². The normalized spacial score (nSPS) is 17.9. The molecule has 2 N–H and O–H groups in total. The number of esters is 1. The zero-order valence-electron chi connectivity index (χ0n) is 13.3. The van der Waals surface area contributed by atoms with Gasteiger partial charge >= 0.3 is 18.2 Å². The number of alkyl carbamates (subject to hydrolysis) is 1. The molecule has 2 rings (SSSR count). The van der Waals surface area contributed by atoms with Gasteiger partial charge in [-0.3, -0.25) is 0 Å². The molecule has 2 amide bonds. The van der Waals surface area contributed by atoms with Crippen LogP contribution in [0.1, 0.15) is 18.9 Å². The van der Waals surface area contributed by atoms with Crippen molar-refractivity contribution in [2.45, 2.75) is 32.1 Å². The van der Waals surface area contributed by atoms with Crippen molar-refractivity contribution in [3.63, 3.8) is 0 Å². The third kappa shape index (κ3) is 5.15. The third-order valence-corrected chi connectivity index (χ3v) is 3.60. The summed E-state index contributed by atoms with van der Waals surface area (Å²) in [6.45, 7) is 2.06. The first-order valence-electron chi connectivity index (χ1n) is 7.61. The predicted molar refractivity (Wildman–Crippen MR) is 83.3 cm³/mol. The number of ether oxygens (including phenoxy) is 2. The highest BCUT2D eigenvalue weighted by Gasteiger charge is 2.30. The number of hydrogen-bond acceptors (Lipinski definition) is 5. The van der Waals surface area contributed by atoms with Gasteiger partial charge in [0.05, 0.1) is 6.54 Å². The molecule has 1 aromatic carbocycles. The Morgan fingerprint density at radius 1 is 1.33 bits per heavy atom. The molecule has 0 spiro atoms. The smallest absolute Gasteiger partial charge is 0.408 e. The molecule has 0 radical (unpaired) electrons. The molecule has 2 unspecified atom stereocenters. The molecular weight excluding hydrogens is 316 g/mol. The van der Waals surface area contributed by atoms with E-state index in [1.165, 1.54) is 11.8 Å². The van der Waals surface area contributed by atoms with E-state index in [4.69, 9.17) is 14.6 Å². The average Bonchev–Trinajstić information content (AvgIpc) is 3.02. The number of benzene rings is 1. The molecule has 1 fully saturated rings. The van der Waals surface area contributed by atoms with Crippen molar-refractivity contribution in [1.29, 1.82) is 0 Å². The molecule has 1 aromatic rings. The van der Waals surface area contributed by atoms with E-state index in [1.807, 2.05) is 30.3 Å². The van der Waals surface area contributed by atoms with E-state index in [9.17, 15) is 14.4 Å². The summed E-state index contributed by atoms with van der Waals surface area (Å²) in [7, 11) is 0. The Bertz CT molecular complexity index is 591. The van der Waals surface area contributed by atoms with Gasteiger partial charge in [0.25, 0.3) is 0 Å². The molecule has 24 heavy (non-hydrogen) atoms. The van der Waals surface area contributed by atoms with E-state index in [1.54, 1.807) is 0 Å². The van der Waals surface area contributed by atoms with Crippen LogP contribution in [0.25, 0.3) is 0 Å². The van der Waals surface area contributed by atoms with E-state index in [0.717, 1.165) is 5.56 Å². The fourth-order valence-electron chi connectivity index (χ4n) is 2.26. The molecule has 0 aliphatic carbocycles. The lowest BCUT2D eigenvalue weighted by molar-refractivity contribution is -0.150. The van der Waals surface area contributed by atoms with Gasteiger partial charge in [-0.1, -0.05) is 30.3 Å². The molecule has 1 aliphatic heterocycles. The van der Waals surface area contributed by atoms with Crippen molar-refractivity contribution in [3.05, 3.63) is 35.9 Å². The minimum absolute atomic E-state index is 0.102. The number of carbonyl (C=O) groups is 3. The molecule has 0 bridgehead atoms. The van der Waals surface area contributed by atoms with Crippen LogP contribution in [0.5, 0.6) is 0 Å². The number of rotatable bonds is 5. The second kappa shape index (κ2) is 8.19. The zero-order chi connectivity index (χ0) is 17.5. The Morgan fingerprint density at radius 3 is 2.67 bits per heavy atom. The van der Waals surface area contributed by atoms with Gasteiger partial charge in [-0.2, -0.15) is 0 Å². The maximum Gasteiger partial charge on any atom is 0.408 e. The monoisotopic (exact) mass is 336 g/mol. The highest BCUT2D eigenvalue weighted by atomic mass is 16.6. The minimum Gasteiger partial charge on any atom is -0.465 e. The van der Waals surface area contributed by atoms with Crippen molar-refractivity contribution in [2.24, 2.45) is 0 Å². The van der Waals surface area contributed by atoms with E-state index in [0.29, 0.717) is 13.0 Å². The molecule has 2 atom stereocenters. The molecule has 1 aliphatic rings. The lowest BCUT2D eigenvalue weighted by atomic mass is 10.2. The van der Waals surface area contributed by atoms with Crippen LogP contribution >= 0.6 is 0 Å². The Labute approximate surface area is 139 Å². The molecule has 130 valence electrons. The maximum atomic E-state index is 11.9. The number of nitrogens with one attached hydrogen (secondary N) is 1. The highest BCUT2D eigenvalue weighted by molar-refractivity contribution is 5.81. The van der Waals surface area contributed by atoms with Gasteiger partial charge in [-0.05, 0) is 12.5 Å². The summed E-state index contributed by atoms with van der Waals surface area (Å²) in [5, 5.41) is 11.3. The molecular formula is C16H20N2O6. The fraction of sp³-hybridized carbons (Fsp3) is 0.438. The largest absolute Gasteiger partial charge is 0.465 e. The van der Waals surface area contributed by atoms with Crippen LogP contribution < -0.4 is 5.32 Å². The van der Waals surface area contributed by atoms with Crippen LogP contribution in [0.2, 0.25) is 0 Å². The molecule has 0 saturated carbocycles. The van der Waals surface area contributed by atoms with Gasteiger partial charge in [0.15, 0.2) is 0 Å². The van der Waals surface area contributed by atoms with E-state index < -0.39 is 30.3 Å². The van der Waals surface area contributed by atoms with Crippen LogP contribution in [0.3, 0.4) is 0 Å². The first-order valence-corrected chi connectivity index (χ1v) is 7.61. The summed E-state index contributed by atoms with van der Waals surface area (Å²) in [4.78, 5) is 35.6. The summed E-state index contributed by atoms with van der Waals surface area (Å²) in [5.74, 6) is -0.621. The van der Waals surface area contributed by atoms with Gasteiger partial charge in [-0.15, -0.1) is 0 Å². The topological polar surface area (TPSA) is 105 Å². The average molecular weight is 336 g/mol. The number of carbonyl (C=O) groups excluding carboxylic acids is 2. The third-order valence-electron chi connectivity index (χ3n) is 3.60. The van der Waals surface area contributed by atoms with Crippen LogP contribution in [0, 0.1) is 0 Å². The standard InChI is InChI=1S/C16H20N2O6/c1-11(14(19)24-13-7-8-18(9-13)16(21)22)17-15(20)23-10-12-5-3-2-4-6-12/h2-6,11,13H,7-10H2,1H3,(H,17,20)(H,21,22). The Morgan fingerprint density at radius 2 is 2.04 bits per heavy atom. The molecule has 0 aromatic heterocycles. The molecule has 1 saturated heterocycles. The Hall–Kier alpha value is -2.77. The summed E-state index contributed by atoms with van der Waals surface area (Å²) in [6, 6.07) is 8.28. The number of hydrogen-bond donors (Lipinski definition) is 2. The number of likely N-dealkylation sites (tertiary alicyclic amines) is 1. The number of carboxylic acid groups (broad SMARTS) is 1. The summed E-state index contributed by atoms with van der Waals surface area (Å²) in [6.07, 6.45) is -1.80. The van der Waals surface area contributed by atoms with Crippen LogP contribution in [0.4, 0.5) is 9.59 Å². The van der Waals surface area contributed by atoms with Crippen molar-refractivity contribution < 1.29 is 29.0 Å². The van der Waals surface area contributed by atoms with Crippen LogP contribution in [0.15, 0.2) is 30.3 Å². The lowest BCUT2D eigenvalue weighted by Crippen LogP contribution is -2.41. The Kier molecular flexibility index (Phi) is 6.00. The second-order valence-corrected chi connectivity index (χ2v) is 5.50. The molecule has 8 nitrogen and oxygen atoms in total. The summed E-state index contributed by atoms with van der Waals surface area (Å²) >= 11 is 0. The van der Waals surface area contributed by atoms with Gasteiger partial charge in [0.2, 0.25) is 0 Å². The van der Waals surface area contributed by atoms with E-state index in [2.05, 4.69) is 5.32 Å². The predicted octanol–water partition coefficient (Wildman–Crippen LogP) is 1.60. The zero-order valence-corrected chi connectivity index (χ0v) is 13.3. The van der Waals surface area contributed by atoms with Crippen LogP contribution in [-0.4, -0.2) is 53.4 Å². The molecule has 8 heteroatoms. The summed E-state index contributed by atoms with van der Waals surface area (Å²) < 4.78 is 10.2. The van der Waals surface area contributed by atoms with E-state index >= 15 is 0 Å². The number of amides is 2. The Balaban J connectivity index is 1.71. The highest BCUT2D eigenvalue weighted by Crippen LogP contribution is 2.13. The second-order valence-electron chi connectivity index (χ2n) is 5.50. The van der Waals surface area contributed by atoms with E-state index in [-0.39, 0.29) is 13.2 Å². The van der Waals surface area contributed by atoms with Crippen molar-refractivity contribution in [1.82, 2.24) is 10.2 Å². The van der Waals surface area contributed by atoms with Crippen LogP contribution in [-0.2, 0) is 20.9 Å². The van der Waals surface area contributed by atoms with Gasteiger partial charge in [-0.25, -0.2) is 14.4 Å².